The highest BCUT2D eigenvalue weighted by atomic mass is 32.2. The largest absolute Gasteiger partial charge is 0.461 e. The highest BCUT2D eigenvalue weighted by molar-refractivity contribution is 7.91. The summed E-state index contributed by atoms with van der Waals surface area (Å²) in [5.74, 6) is 0.168. The Morgan fingerprint density at radius 3 is 2.65 bits per heavy atom. The lowest BCUT2D eigenvalue weighted by atomic mass is 10.3. The van der Waals surface area contributed by atoms with Crippen molar-refractivity contribution in [2.45, 2.75) is 16.8 Å². The summed E-state index contributed by atoms with van der Waals surface area (Å²) in [6.07, 6.45) is 0. The molecule has 1 aromatic carbocycles. The second-order valence-corrected chi connectivity index (χ2v) is 6.39. The number of carbonyl (C=O) groups excluding carboxylic acids is 1. The first-order valence-electron chi connectivity index (χ1n) is 6.68. The molecule has 0 bridgehead atoms. The van der Waals surface area contributed by atoms with Crippen molar-refractivity contribution >= 4 is 15.8 Å². The normalized spacial score (nSPS) is 12.9. The number of carbonyl (C=O) groups is 1. The maximum Gasteiger partial charge on any atom is 0.358 e. The summed E-state index contributed by atoms with van der Waals surface area (Å²) in [5, 5.41) is 6.94. The van der Waals surface area contributed by atoms with Gasteiger partial charge < -0.3 is 14.2 Å². The summed E-state index contributed by atoms with van der Waals surface area (Å²) in [4.78, 5) is 11.5. The number of rotatable bonds is 4. The fraction of sp³-hybridized carbons (Fsp3) is 0.214. The summed E-state index contributed by atoms with van der Waals surface area (Å²) >= 11 is 0. The minimum Gasteiger partial charge on any atom is -0.461 e. The van der Waals surface area contributed by atoms with Crippen molar-refractivity contribution in [2.24, 2.45) is 0 Å². The van der Waals surface area contributed by atoms with Crippen LogP contribution in [0.3, 0.4) is 0 Å². The molecule has 1 aliphatic rings. The molecule has 0 saturated carbocycles. The Kier molecular flexibility index (Phi) is 3.87. The van der Waals surface area contributed by atoms with E-state index in [0.717, 1.165) is 0 Å². The van der Waals surface area contributed by atoms with Crippen LogP contribution < -0.4 is 9.47 Å². The molecule has 120 valence electrons. The first-order valence-corrected chi connectivity index (χ1v) is 8.16. The average Bonchev–Trinajstić information content (AvgIpc) is 3.03. The Morgan fingerprint density at radius 1 is 1.17 bits per heavy atom. The maximum atomic E-state index is 12.5. The molecule has 0 fully saturated rings. The number of benzene rings is 1. The lowest BCUT2D eigenvalue weighted by Crippen LogP contribution is -2.11. The zero-order chi connectivity index (χ0) is 16.4. The van der Waals surface area contributed by atoms with Gasteiger partial charge in [-0.2, -0.15) is 0 Å². The molecule has 0 spiro atoms. The molecule has 1 aliphatic heterocycles. The van der Waals surface area contributed by atoms with E-state index in [1.54, 1.807) is 6.92 Å². The fourth-order valence-electron chi connectivity index (χ4n) is 1.94. The summed E-state index contributed by atoms with van der Waals surface area (Å²) < 4.78 is 40.1. The quantitative estimate of drug-likeness (QED) is 0.767. The highest BCUT2D eigenvalue weighted by Gasteiger charge is 2.24. The van der Waals surface area contributed by atoms with E-state index in [4.69, 9.17) is 14.2 Å². The van der Waals surface area contributed by atoms with E-state index >= 15 is 0 Å². The third-order valence-corrected chi connectivity index (χ3v) is 4.70. The lowest BCUT2D eigenvalue weighted by molar-refractivity contribution is 0.0517. The van der Waals surface area contributed by atoms with Crippen LogP contribution in [-0.2, 0) is 14.6 Å². The van der Waals surface area contributed by atoms with Crippen molar-refractivity contribution in [2.75, 3.05) is 13.4 Å². The van der Waals surface area contributed by atoms with Gasteiger partial charge in [-0.1, -0.05) is 0 Å². The van der Waals surface area contributed by atoms with E-state index in [2.05, 4.69) is 10.2 Å². The van der Waals surface area contributed by atoms with Gasteiger partial charge in [0, 0.05) is 6.07 Å². The lowest BCUT2D eigenvalue weighted by Gasteiger charge is -2.05. The van der Waals surface area contributed by atoms with Gasteiger partial charge in [0.05, 0.1) is 11.5 Å². The molecule has 0 atom stereocenters. The van der Waals surface area contributed by atoms with Crippen molar-refractivity contribution in [1.82, 2.24) is 10.2 Å². The van der Waals surface area contributed by atoms with Gasteiger partial charge in [0.25, 0.3) is 0 Å². The van der Waals surface area contributed by atoms with Crippen LogP contribution in [0.25, 0.3) is 0 Å². The van der Waals surface area contributed by atoms with E-state index in [1.807, 2.05) is 0 Å². The van der Waals surface area contributed by atoms with Crippen LogP contribution in [0.2, 0.25) is 0 Å². The second-order valence-electron chi connectivity index (χ2n) is 4.50. The molecular weight excluding hydrogens is 324 g/mol. The fourth-order valence-corrected chi connectivity index (χ4v) is 3.09. The number of hydrogen-bond acceptors (Lipinski definition) is 8. The SMILES string of the molecule is CCOC(=O)c1ccc(S(=O)(=O)c2ccc3c(c2)OCO3)nn1. The van der Waals surface area contributed by atoms with Gasteiger partial charge in [-0.15, -0.1) is 10.2 Å². The third kappa shape index (κ3) is 2.82. The topological polar surface area (TPSA) is 105 Å². The monoisotopic (exact) mass is 336 g/mol. The van der Waals surface area contributed by atoms with Gasteiger partial charge in [0.1, 0.15) is 0 Å². The average molecular weight is 336 g/mol. The van der Waals surface area contributed by atoms with Crippen LogP contribution in [0.15, 0.2) is 40.3 Å². The first kappa shape index (κ1) is 15.2. The van der Waals surface area contributed by atoms with E-state index < -0.39 is 15.8 Å². The van der Waals surface area contributed by atoms with E-state index in [9.17, 15) is 13.2 Å². The van der Waals surface area contributed by atoms with Crippen molar-refractivity contribution in [3.8, 4) is 11.5 Å². The molecule has 2 heterocycles. The molecule has 9 heteroatoms. The van der Waals surface area contributed by atoms with E-state index in [1.165, 1.54) is 30.3 Å². The smallest absolute Gasteiger partial charge is 0.358 e. The standard InChI is InChI=1S/C14H12N2O6S/c1-2-20-14(17)10-4-6-13(16-15-10)23(18,19)9-3-5-11-12(7-9)22-8-21-11/h3-7H,2,8H2,1H3. The summed E-state index contributed by atoms with van der Waals surface area (Å²) in [7, 11) is -3.88. The van der Waals surface area contributed by atoms with Crippen LogP contribution in [-0.4, -0.2) is 38.0 Å². The molecule has 1 aromatic heterocycles. The van der Waals surface area contributed by atoms with Gasteiger partial charge in [0.2, 0.25) is 16.6 Å². The van der Waals surface area contributed by atoms with Crippen molar-refractivity contribution < 1.29 is 27.4 Å². The number of hydrogen-bond donors (Lipinski definition) is 0. The van der Waals surface area contributed by atoms with Crippen molar-refractivity contribution in [1.29, 1.82) is 0 Å². The summed E-state index contributed by atoms with van der Waals surface area (Å²) in [6.45, 7) is 1.90. The van der Waals surface area contributed by atoms with Crippen LogP contribution >= 0.6 is 0 Å². The van der Waals surface area contributed by atoms with E-state index in [-0.39, 0.29) is 29.0 Å². The minimum atomic E-state index is -3.88. The Balaban J connectivity index is 1.92. The number of ether oxygens (including phenoxy) is 3. The molecule has 0 N–H and O–H groups in total. The van der Waals surface area contributed by atoms with Crippen molar-refractivity contribution in [3.63, 3.8) is 0 Å². The molecule has 0 unspecified atom stereocenters. The van der Waals surface area contributed by atoms with Gasteiger partial charge in [-0.3, -0.25) is 0 Å². The molecule has 23 heavy (non-hydrogen) atoms. The van der Waals surface area contributed by atoms with Gasteiger partial charge in [-0.25, -0.2) is 13.2 Å². The molecule has 3 rings (SSSR count). The van der Waals surface area contributed by atoms with Gasteiger partial charge in [-0.05, 0) is 31.2 Å². The van der Waals surface area contributed by atoms with Crippen LogP contribution in [0.1, 0.15) is 17.4 Å². The zero-order valence-corrected chi connectivity index (χ0v) is 12.9. The van der Waals surface area contributed by atoms with Crippen LogP contribution in [0.5, 0.6) is 11.5 Å². The number of nitrogens with zero attached hydrogens (tertiary/aromatic N) is 2. The maximum absolute atomic E-state index is 12.5. The molecule has 0 amide bonds. The Bertz CT molecular complexity index is 848. The first-order chi connectivity index (χ1) is 11.0. The van der Waals surface area contributed by atoms with Crippen LogP contribution in [0, 0.1) is 0 Å². The Morgan fingerprint density at radius 2 is 1.96 bits per heavy atom. The molecule has 0 radical (unpaired) electrons. The Hall–Kier alpha value is -2.68. The number of fused-ring (bicyclic) bond motifs is 1. The molecule has 8 nitrogen and oxygen atoms in total. The van der Waals surface area contributed by atoms with E-state index in [0.29, 0.717) is 11.5 Å². The third-order valence-electron chi connectivity index (χ3n) is 3.05. The Labute approximate surface area is 131 Å². The van der Waals surface area contributed by atoms with Crippen molar-refractivity contribution in [3.05, 3.63) is 36.0 Å². The molecule has 0 saturated heterocycles. The zero-order valence-electron chi connectivity index (χ0n) is 12.1. The second kappa shape index (κ2) is 5.84. The van der Waals surface area contributed by atoms with Gasteiger partial charge in [0.15, 0.2) is 22.2 Å². The molecule has 2 aromatic rings. The van der Waals surface area contributed by atoms with Gasteiger partial charge >= 0.3 is 5.97 Å². The predicted molar refractivity (Wildman–Crippen MR) is 76.0 cm³/mol. The molecular formula is C14H12N2O6S. The summed E-state index contributed by atoms with van der Waals surface area (Å²) in [5.41, 5.74) is -0.0588. The predicted octanol–water partition coefficient (Wildman–Crippen LogP) is 1.21. The number of aromatic nitrogens is 2. The summed E-state index contributed by atoms with van der Waals surface area (Å²) in [6, 6.07) is 6.72. The van der Waals surface area contributed by atoms with Crippen LogP contribution in [0.4, 0.5) is 0 Å². The highest BCUT2D eigenvalue weighted by Crippen LogP contribution is 2.35. The minimum absolute atomic E-state index is 0.0000604. The number of esters is 1. The number of sulfone groups is 1. The molecule has 0 aliphatic carbocycles.